The van der Waals surface area contributed by atoms with E-state index in [2.05, 4.69) is 20.8 Å². The highest BCUT2D eigenvalue weighted by molar-refractivity contribution is 4.82. The standard InChI is InChI=1S/C4H7N5/c1-2-9-4(3-5-1)6-7-8-9/h5H,1-3H2. The van der Waals surface area contributed by atoms with E-state index in [0.717, 1.165) is 25.5 Å². The summed E-state index contributed by atoms with van der Waals surface area (Å²) in [6.45, 7) is 2.66. The third-order valence-electron chi connectivity index (χ3n) is 1.39. The summed E-state index contributed by atoms with van der Waals surface area (Å²) in [6.07, 6.45) is 0. The van der Waals surface area contributed by atoms with Crippen molar-refractivity contribution in [2.75, 3.05) is 6.54 Å². The highest BCUT2D eigenvalue weighted by atomic mass is 15.5. The average Bonchev–Trinajstić information content (AvgIpc) is 2.33. The molecule has 2 rings (SSSR count). The zero-order chi connectivity index (χ0) is 6.10. The second kappa shape index (κ2) is 1.77. The Morgan fingerprint density at radius 1 is 1.56 bits per heavy atom. The van der Waals surface area contributed by atoms with E-state index in [1.165, 1.54) is 0 Å². The van der Waals surface area contributed by atoms with Crippen LogP contribution in [0, 0.1) is 0 Å². The van der Waals surface area contributed by atoms with Gasteiger partial charge >= 0.3 is 0 Å². The SMILES string of the molecule is C1Cn2nnnc2CN1. The van der Waals surface area contributed by atoms with E-state index in [0.29, 0.717) is 0 Å². The third kappa shape index (κ3) is 0.692. The summed E-state index contributed by atoms with van der Waals surface area (Å²) < 4.78 is 1.82. The minimum atomic E-state index is 0.799. The molecule has 1 N–H and O–H groups in total. The Balaban J connectivity index is 2.39. The maximum atomic E-state index is 3.80. The summed E-state index contributed by atoms with van der Waals surface area (Å²) in [5.41, 5.74) is 0. The van der Waals surface area contributed by atoms with Crippen molar-refractivity contribution in [3.05, 3.63) is 5.82 Å². The molecule has 5 nitrogen and oxygen atoms in total. The molecule has 0 radical (unpaired) electrons. The lowest BCUT2D eigenvalue weighted by molar-refractivity contribution is 0.464. The quantitative estimate of drug-likeness (QED) is 0.472. The van der Waals surface area contributed by atoms with Crippen LogP contribution in [0.1, 0.15) is 5.82 Å². The van der Waals surface area contributed by atoms with Gasteiger partial charge in [0.2, 0.25) is 0 Å². The van der Waals surface area contributed by atoms with Gasteiger partial charge in [-0.3, -0.25) is 0 Å². The fraction of sp³-hybridized carbons (Fsp3) is 0.750. The molecular formula is C4H7N5. The lowest BCUT2D eigenvalue weighted by atomic mass is 10.4. The maximum Gasteiger partial charge on any atom is 0.165 e. The van der Waals surface area contributed by atoms with Gasteiger partial charge < -0.3 is 5.32 Å². The van der Waals surface area contributed by atoms with Gasteiger partial charge in [-0.2, -0.15) is 0 Å². The summed E-state index contributed by atoms with van der Waals surface area (Å²) in [5.74, 6) is 0.932. The Labute approximate surface area is 52.1 Å². The Morgan fingerprint density at radius 3 is 3.44 bits per heavy atom. The zero-order valence-corrected chi connectivity index (χ0v) is 4.91. The van der Waals surface area contributed by atoms with Crippen molar-refractivity contribution in [2.24, 2.45) is 0 Å². The average molecular weight is 125 g/mol. The topological polar surface area (TPSA) is 55.6 Å². The molecule has 9 heavy (non-hydrogen) atoms. The van der Waals surface area contributed by atoms with Gasteiger partial charge in [-0.15, -0.1) is 5.10 Å². The van der Waals surface area contributed by atoms with Crippen molar-refractivity contribution in [3.8, 4) is 0 Å². The first-order valence-corrected chi connectivity index (χ1v) is 2.92. The van der Waals surface area contributed by atoms with E-state index in [-0.39, 0.29) is 0 Å². The number of aromatic nitrogens is 4. The van der Waals surface area contributed by atoms with Crippen molar-refractivity contribution in [1.29, 1.82) is 0 Å². The summed E-state index contributed by atoms with van der Waals surface area (Å²) in [5, 5.41) is 14.3. The first kappa shape index (κ1) is 4.87. The van der Waals surface area contributed by atoms with Crippen LogP contribution in [0.4, 0.5) is 0 Å². The minimum absolute atomic E-state index is 0.799. The van der Waals surface area contributed by atoms with Crippen LogP contribution < -0.4 is 5.32 Å². The van der Waals surface area contributed by atoms with Crippen LogP contribution in [0.5, 0.6) is 0 Å². The number of fused-ring (bicyclic) bond motifs is 1. The van der Waals surface area contributed by atoms with Gasteiger partial charge in [0, 0.05) is 6.54 Å². The van der Waals surface area contributed by atoms with Crippen LogP contribution in [0.15, 0.2) is 0 Å². The van der Waals surface area contributed by atoms with Crippen LogP contribution in [0.3, 0.4) is 0 Å². The fourth-order valence-electron chi connectivity index (χ4n) is 0.909. The second-order valence-corrected chi connectivity index (χ2v) is 2.00. The summed E-state index contributed by atoms with van der Waals surface area (Å²) in [4.78, 5) is 0. The normalized spacial score (nSPS) is 17.3. The number of rotatable bonds is 0. The molecule has 0 amide bonds. The van der Waals surface area contributed by atoms with Crippen LogP contribution in [-0.2, 0) is 13.1 Å². The van der Waals surface area contributed by atoms with Gasteiger partial charge in [0.15, 0.2) is 5.82 Å². The minimum Gasteiger partial charge on any atom is -0.308 e. The smallest absolute Gasteiger partial charge is 0.165 e. The Morgan fingerprint density at radius 2 is 2.56 bits per heavy atom. The van der Waals surface area contributed by atoms with E-state index in [4.69, 9.17) is 0 Å². The van der Waals surface area contributed by atoms with E-state index < -0.39 is 0 Å². The maximum absolute atomic E-state index is 3.80. The van der Waals surface area contributed by atoms with Gasteiger partial charge in [-0.1, -0.05) is 0 Å². The van der Waals surface area contributed by atoms with Crippen molar-refractivity contribution < 1.29 is 0 Å². The molecule has 0 unspecified atom stereocenters. The van der Waals surface area contributed by atoms with E-state index in [1.807, 2.05) is 4.68 Å². The zero-order valence-electron chi connectivity index (χ0n) is 4.91. The first-order valence-electron chi connectivity index (χ1n) is 2.92. The predicted molar refractivity (Wildman–Crippen MR) is 29.5 cm³/mol. The van der Waals surface area contributed by atoms with Crippen LogP contribution in [0.2, 0.25) is 0 Å². The molecule has 0 spiro atoms. The molecule has 1 aromatic rings. The highest BCUT2D eigenvalue weighted by Gasteiger charge is 2.08. The van der Waals surface area contributed by atoms with Crippen molar-refractivity contribution in [3.63, 3.8) is 0 Å². The fourth-order valence-corrected chi connectivity index (χ4v) is 0.909. The number of hydrogen-bond donors (Lipinski definition) is 1. The lowest BCUT2D eigenvalue weighted by Gasteiger charge is -2.10. The first-order chi connectivity index (χ1) is 4.47. The van der Waals surface area contributed by atoms with E-state index in [9.17, 15) is 0 Å². The third-order valence-corrected chi connectivity index (χ3v) is 1.39. The summed E-state index contributed by atoms with van der Waals surface area (Å²) >= 11 is 0. The van der Waals surface area contributed by atoms with Gasteiger partial charge in [0.05, 0.1) is 13.1 Å². The summed E-state index contributed by atoms with van der Waals surface area (Å²) in [7, 11) is 0. The molecule has 1 aliphatic heterocycles. The van der Waals surface area contributed by atoms with Crippen molar-refractivity contribution in [2.45, 2.75) is 13.1 Å². The van der Waals surface area contributed by atoms with E-state index >= 15 is 0 Å². The number of tetrazole rings is 1. The highest BCUT2D eigenvalue weighted by Crippen LogP contribution is 1.94. The van der Waals surface area contributed by atoms with Gasteiger partial charge in [-0.25, -0.2) is 4.68 Å². The molecule has 0 aliphatic carbocycles. The number of hydrogen-bond acceptors (Lipinski definition) is 4. The largest absolute Gasteiger partial charge is 0.308 e. The molecule has 0 atom stereocenters. The van der Waals surface area contributed by atoms with Crippen molar-refractivity contribution >= 4 is 0 Å². The molecule has 48 valence electrons. The van der Waals surface area contributed by atoms with Crippen LogP contribution in [-0.4, -0.2) is 26.8 Å². The van der Waals surface area contributed by atoms with Gasteiger partial charge in [0.25, 0.3) is 0 Å². The Bertz CT molecular complexity index is 184. The summed E-state index contributed by atoms with van der Waals surface area (Å²) in [6, 6.07) is 0. The predicted octanol–water partition coefficient (Wildman–Crippen LogP) is -1.22. The van der Waals surface area contributed by atoms with E-state index in [1.54, 1.807) is 0 Å². The monoisotopic (exact) mass is 125 g/mol. The Kier molecular flexibility index (Phi) is 0.955. The molecule has 0 fully saturated rings. The molecular weight excluding hydrogens is 118 g/mol. The lowest BCUT2D eigenvalue weighted by Crippen LogP contribution is -2.28. The molecule has 5 heteroatoms. The second-order valence-electron chi connectivity index (χ2n) is 2.00. The van der Waals surface area contributed by atoms with Crippen molar-refractivity contribution in [1.82, 2.24) is 25.5 Å². The number of nitrogens with zero attached hydrogens (tertiary/aromatic N) is 4. The Hall–Kier alpha value is -0.970. The molecule has 1 aliphatic rings. The molecule has 1 aromatic heterocycles. The van der Waals surface area contributed by atoms with Crippen LogP contribution >= 0.6 is 0 Å². The van der Waals surface area contributed by atoms with Gasteiger partial charge in [0.1, 0.15) is 0 Å². The van der Waals surface area contributed by atoms with Crippen LogP contribution in [0.25, 0.3) is 0 Å². The van der Waals surface area contributed by atoms with Gasteiger partial charge in [-0.05, 0) is 10.4 Å². The molecule has 0 saturated carbocycles. The number of nitrogens with one attached hydrogen (secondary N) is 1. The molecule has 0 bridgehead atoms. The molecule has 2 heterocycles. The molecule has 0 aromatic carbocycles. The molecule has 0 saturated heterocycles.